The number of nitrogens with zero attached hydrogens (tertiary/aromatic N) is 3. The summed E-state index contributed by atoms with van der Waals surface area (Å²) in [7, 11) is 3.60. The molecule has 1 aliphatic carbocycles. The molecule has 7 heteroatoms. The molecule has 0 spiro atoms. The van der Waals surface area contributed by atoms with Crippen LogP contribution in [-0.4, -0.2) is 64.6 Å². The first-order valence-corrected chi connectivity index (χ1v) is 9.96. The molecular formula is C20H33N5O2. The number of hydrogen-bond acceptors (Lipinski definition) is 5. The zero-order valence-electron chi connectivity index (χ0n) is 16.7. The normalized spacial score (nSPS) is 19.5. The summed E-state index contributed by atoms with van der Waals surface area (Å²) in [5.41, 5.74) is 1.54. The van der Waals surface area contributed by atoms with Gasteiger partial charge < -0.3 is 25.0 Å². The second-order valence-electron chi connectivity index (χ2n) is 7.46. The standard InChI is InChI=1S/C20H33N5O2/c1-21-19(24-16-20(6-4-7-20)8-12-26-2)23-15-17-5-3-9-22-18(17)25-10-13-27-14-11-25/h3,5,9H,4,6-8,10-16H2,1-2H3,(H2,21,23,24). The molecule has 1 saturated carbocycles. The van der Waals surface area contributed by atoms with Gasteiger partial charge in [0, 0.05) is 58.7 Å². The summed E-state index contributed by atoms with van der Waals surface area (Å²) in [5, 5.41) is 6.97. The lowest BCUT2D eigenvalue weighted by Crippen LogP contribution is -2.46. The van der Waals surface area contributed by atoms with Gasteiger partial charge in [0.1, 0.15) is 5.82 Å². The zero-order valence-corrected chi connectivity index (χ0v) is 16.7. The number of morpholine rings is 1. The lowest BCUT2D eigenvalue weighted by molar-refractivity contribution is 0.0732. The Morgan fingerprint density at radius 1 is 1.33 bits per heavy atom. The van der Waals surface area contributed by atoms with Gasteiger partial charge in [-0.2, -0.15) is 0 Å². The molecule has 0 atom stereocenters. The van der Waals surface area contributed by atoms with E-state index in [0.29, 0.717) is 12.0 Å². The van der Waals surface area contributed by atoms with Gasteiger partial charge >= 0.3 is 0 Å². The first kappa shape index (κ1) is 19.9. The van der Waals surface area contributed by atoms with E-state index in [9.17, 15) is 0 Å². The Balaban J connectivity index is 1.54. The molecule has 0 bridgehead atoms. The van der Waals surface area contributed by atoms with E-state index < -0.39 is 0 Å². The smallest absolute Gasteiger partial charge is 0.191 e. The van der Waals surface area contributed by atoms with Crippen LogP contribution in [0.25, 0.3) is 0 Å². The summed E-state index contributed by atoms with van der Waals surface area (Å²) in [6, 6.07) is 4.12. The van der Waals surface area contributed by atoms with Gasteiger partial charge in [-0.15, -0.1) is 0 Å². The minimum absolute atomic E-state index is 0.362. The van der Waals surface area contributed by atoms with E-state index in [1.807, 2.05) is 19.3 Å². The molecule has 2 fully saturated rings. The highest BCUT2D eigenvalue weighted by molar-refractivity contribution is 5.79. The number of aromatic nitrogens is 1. The summed E-state index contributed by atoms with van der Waals surface area (Å²) < 4.78 is 10.7. The van der Waals surface area contributed by atoms with Crippen LogP contribution >= 0.6 is 0 Å². The SMILES string of the molecule is CN=C(NCc1cccnc1N1CCOCC1)NCC1(CCOC)CCC1. The predicted molar refractivity (Wildman–Crippen MR) is 108 cm³/mol. The van der Waals surface area contributed by atoms with E-state index in [-0.39, 0.29) is 0 Å². The van der Waals surface area contributed by atoms with E-state index in [0.717, 1.165) is 57.7 Å². The number of nitrogens with one attached hydrogen (secondary N) is 2. The van der Waals surface area contributed by atoms with Crippen molar-refractivity contribution in [3.8, 4) is 0 Å². The molecule has 27 heavy (non-hydrogen) atoms. The molecule has 0 radical (unpaired) electrons. The minimum Gasteiger partial charge on any atom is -0.385 e. The van der Waals surface area contributed by atoms with Gasteiger partial charge in [-0.3, -0.25) is 4.99 Å². The van der Waals surface area contributed by atoms with Crippen molar-refractivity contribution in [2.45, 2.75) is 32.2 Å². The van der Waals surface area contributed by atoms with Gasteiger partial charge in [-0.1, -0.05) is 12.5 Å². The third-order valence-electron chi connectivity index (χ3n) is 5.73. The van der Waals surface area contributed by atoms with E-state index in [1.165, 1.54) is 24.8 Å². The van der Waals surface area contributed by atoms with Crippen LogP contribution in [0.1, 0.15) is 31.2 Å². The van der Waals surface area contributed by atoms with Crippen molar-refractivity contribution in [3.63, 3.8) is 0 Å². The molecule has 2 aliphatic rings. The van der Waals surface area contributed by atoms with Crippen LogP contribution in [0, 0.1) is 5.41 Å². The molecule has 1 aromatic rings. The summed E-state index contributed by atoms with van der Waals surface area (Å²) >= 11 is 0. The fraction of sp³-hybridized carbons (Fsp3) is 0.700. The fourth-order valence-electron chi connectivity index (χ4n) is 3.81. The number of hydrogen-bond donors (Lipinski definition) is 2. The zero-order chi connectivity index (χ0) is 19.0. The second kappa shape index (κ2) is 9.90. The van der Waals surface area contributed by atoms with Crippen molar-refractivity contribution in [1.82, 2.24) is 15.6 Å². The summed E-state index contributed by atoms with van der Waals surface area (Å²) in [6.07, 6.45) is 6.82. The fourth-order valence-corrected chi connectivity index (χ4v) is 3.81. The Morgan fingerprint density at radius 3 is 2.81 bits per heavy atom. The molecule has 1 aliphatic heterocycles. The van der Waals surface area contributed by atoms with Gasteiger partial charge in [0.25, 0.3) is 0 Å². The van der Waals surface area contributed by atoms with Crippen molar-refractivity contribution in [1.29, 1.82) is 0 Å². The quantitative estimate of drug-likeness (QED) is 0.533. The van der Waals surface area contributed by atoms with Crippen molar-refractivity contribution >= 4 is 11.8 Å². The van der Waals surface area contributed by atoms with Crippen LogP contribution in [0.5, 0.6) is 0 Å². The Bertz CT molecular complexity index is 612. The maximum absolute atomic E-state index is 5.46. The van der Waals surface area contributed by atoms with E-state index >= 15 is 0 Å². The van der Waals surface area contributed by atoms with Crippen LogP contribution in [0.2, 0.25) is 0 Å². The highest BCUT2D eigenvalue weighted by Crippen LogP contribution is 2.43. The number of ether oxygens (including phenoxy) is 2. The first-order valence-electron chi connectivity index (χ1n) is 9.96. The molecule has 3 rings (SSSR count). The van der Waals surface area contributed by atoms with Gasteiger partial charge in [0.15, 0.2) is 5.96 Å². The minimum atomic E-state index is 0.362. The second-order valence-corrected chi connectivity index (χ2v) is 7.46. The number of anilines is 1. The van der Waals surface area contributed by atoms with Gasteiger partial charge in [-0.05, 0) is 30.7 Å². The van der Waals surface area contributed by atoms with E-state index in [2.05, 4.69) is 31.6 Å². The number of rotatable bonds is 8. The van der Waals surface area contributed by atoms with Gasteiger partial charge in [0.05, 0.1) is 13.2 Å². The predicted octanol–water partition coefficient (Wildman–Crippen LogP) is 1.79. The molecule has 0 amide bonds. The number of aliphatic imine (C=N–C) groups is 1. The van der Waals surface area contributed by atoms with Crippen LogP contribution in [0.4, 0.5) is 5.82 Å². The topological polar surface area (TPSA) is 71.0 Å². The molecule has 1 saturated heterocycles. The molecule has 150 valence electrons. The maximum atomic E-state index is 5.46. The Labute approximate surface area is 162 Å². The van der Waals surface area contributed by atoms with Gasteiger partial charge in [0.2, 0.25) is 0 Å². The molecule has 2 N–H and O–H groups in total. The number of pyridine rings is 1. The molecule has 0 aromatic carbocycles. The van der Waals surface area contributed by atoms with Gasteiger partial charge in [-0.25, -0.2) is 4.98 Å². The van der Waals surface area contributed by atoms with Crippen LogP contribution in [-0.2, 0) is 16.0 Å². The number of methoxy groups -OCH3 is 1. The molecular weight excluding hydrogens is 342 g/mol. The highest BCUT2D eigenvalue weighted by atomic mass is 16.5. The molecule has 7 nitrogen and oxygen atoms in total. The number of guanidine groups is 1. The summed E-state index contributed by atoms with van der Waals surface area (Å²) in [4.78, 5) is 11.3. The first-order chi connectivity index (χ1) is 13.3. The summed E-state index contributed by atoms with van der Waals surface area (Å²) in [6.45, 7) is 5.77. The maximum Gasteiger partial charge on any atom is 0.191 e. The van der Waals surface area contributed by atoms with Crippen molar-refractivity contribution < 1.29 is 9.47 Å². The van der Waals surface area contributed by atoms with E-state index in [4.69, 9.17) is 9.47 Å². The third-order valence-corrected chi connectivity index (χ3v) is 5.73. The average molecular weight is 376 g/mol. The Morgan fingerprint density at radius 2 is 2.15 bits per heavy atom. The Kier molecular flexibility index (Phi) is 7.29. The molecule has 2 heterocycles. The van der Waals surface area contributed by atoms with Crippen molar-refractivity contribution in [2.24, 2.45) is 10.4 Å². The lowest BCUT2D eigenvalue weighted by Gasteiger charge is -2.42. The van der Waals surface area contributed by atoms with Crippen LogP contribution in [0.15, 0.2) is 23.3 Å². The lowest BCUT2D eigenvalue weighted by atomic mass is 9.67. The van der Waals surface area contributed by atoms with E-state index in [1.54, 1.807) is 7.11 Å². The average Bonchev–Trinajstić information content (AvgIpc) is 2.70. The van der Waals surface area contributed by atoms with Crippen LogP contribution < -0.4 is 15.5 Å². The monoisotopic (exact) mass is 375 g/mol. The van der Waals surface area contributed by atoms with Crippen molar-refractivity contribution in [2.75, 3.05) is 58.5 Å². The Hall–Kier alpha value is -1.86. The van der Waals surface area contributed by atoms with Crippen molar-refractivity contribution in [3.05, 3.63) is 23.9 Å². The molecule has 0 unspecified atom stereocenters. The van der Waals surface area contributed by atoms with Crippen LogP contribution in [0.3, 0.4) is 0 Å². The highest BCUT2D eigenvalue weighted by Gasteiger charge is 2.36. The largest absolute Gasteiger partial charge is 0.385 e. The third kappa shape index (κ3) is 5.32. The molecule has 1 aromatic heterocycles. The summed E-state index contributed by atoms with van der Waals surface area (Å²) in [5.74, 6) is 1.88.